The quantitative estimate of drug-likeness (QED) is 0.318. The number of carbonyl (C=O) groups excluding carboxylic acids is 1. The van der Waals surface area contributed by atoms with Crippen molar-refractivity contribution < 1.29 is 4.79 Å². The van der Waals surface area contributed by atoms with Gasteiger partial charge in [-0.2, -0.15) is 0 Å². The number of ketones is 1. The summed E-state index contributed by atoms with van der Waals surface area (Å²) in [5, 5.41) is 0.341. The van der Waals surface area contributed by atoms with Gasteiger partial charge in [-0.25, -0.2) is 0 Å². The Labute approximate surface area is 51.2 Å². The maximum Gasteiger partial charge on any atom is 0.215 e. The molecule has 0 aromatic carbocycles. The smallest absolute Gasteiger partial charge is 0.215 e. The molecule has 0 aliphatic rings. The maximum atomic E-state index is 10.2. The van der Waals surface area contributed by atoms with Crippen LogP contribution >= 0.6 is 15.9 Å². The number of hydrogen-bond donors (Lipinski definition) is 0. The fourth-order valence-corrected chi connectivity index (χ4v) is 0.313. The lowest BCUT2D eigenvalue weighted by Crippen LogP contribution is -1.91. The molecule has 0 unspecified atom stereocenters. The van der Waals surface area contributed by atoms with E-state index >= 15 is 0 Å². The predicted octanol–water partition coefficient (Wildman–Crippen LogP) is 0.974. The van der Waals surface area contributed by atoms with Crippen molar-refractivity contribution in [1.29, 1.82) is 0 Å². The van der Waals surface area contributed by atoms with Crippen LogP contribution in [0.4, 0.5) is 0 Å². The first kappa shape index (κ1) is 6.71. The molecule has 0 aromatic heterocycles. The topological polar surface area (TPSA) is 17.1 Å². The molecule has 0 saturated carbocycles. The van der Waals surface area contributed by atoms with E-state index in [-0.39, 0.29) is 5.78 Å². The van der Waals surface area contributed by atoms with Crippen LogP contribution < -0.4 is 0 Å². The molecule has 0 saturated heterocycles. The Morgan fingerprint density at radius 2 is 2.43 bits per heavy atom. The van der Waals surface area contributed by atoms with Crippen molar-refractivity contribution in [3.8, 4) is 11.8 Å². The highest BCUT2D eigenvalue weighted by Gasteiger charge is 1.85. The number of Topliss-reactive ketones (excluding diaryl/α,β-unsaturated/α-hetero) is 1. The highest BCUT2D eigenvalue weighted by atomic mass is 79.9. The second kappa shape index (κ2) is 3.89. The molecule has 0 amide bonds. The minimum atomic E-state index is -0.0671. The molecule has 1 nitrogen and oxygen atoms in total. The van der Waals surface area contributed by atoms with Gasteiger partial charge >= 0.3 is 0 Å². The average molecular weight is 161 g/mol. The van der Waals surface area contributed by atoms with Crippen LogP contribution in [0.5, 0.6) is 0 Å². The molecule has 0 radical (unpaired) electrons. The van der Waals surface area contributed by atoms with Crippen molar-refractivity contribution >= 4 is 21.7 Å². The molecule has 0 spiro atoms. The van der Waals surface area contributed by atoms with E-state index in [1.54, 1.807) is 6.92 Å². The van der Waals surface area contributed by atoms with Crippen LogP contribution in [0, 0.1) is 11.8 Å². The molecule has 0 aliphatic heterocycles. The van der Waals surface area contributed by atoms with Crippen molar-refractivity contribution in [1.82, 2.24) is 0 Å². The number of alkyl halides is 1. The van der Waals surface area contributed by atoms with Gasteiger partial charge in [-0.3, -0.25) is 4.79 Å². The first-order valence-corrected chi connectivity index (χ1v) is 2.95. The Morgan fingerprint density at radius 3 is 2.57 bits per heavy atom. The SMILES string of the molecule is CC#CC(=O)CBr. The van der Waals surface area contributed by atoms with Crippen LogP contribution in [0.1, 0.15) is 6.92 Å². The van der Waals surface area contributed by atoms with Crippen molar-refractivity contribution in [3.63, 3.8) is 0 Å². The zero-order valence-corrected chi connectivity index (χ0v) is 5.58. The Morgan fingerprint density at radius 1 is 1.86 bits per heavy atom. The zero-order valence-electron chi connectivity index (χ0n) is 3.99. The molecular weight excluding hydrogens is 156 g/mol. The molecule has 7 heavy (non-hydrogen) atoms. The Hall–Kier alpha value is -0.290. The van der Waals surface area contributed by atoms with Gasteiger partial charge in [0.2, 0.25) is 5.78 Å². The number of halogens is 1. The number of hydrogen-bond acceptors (Lipinski definition) is 1. The monoisotopic (exact) mass is 160 g/mol. The van der Waals surface area contributed by atoms with Crippen LogP contribution in [0.3, 0.4) is 0 Å². The van der Waals surface area contributed by atoms with Crippen LogP contribution in [-0.4, -0.2) is 11.1 Å². The van der Waals surface area contributed by atoms with Crippen molar-refractivity contribution in [3.05, 3.63) is 0 Å². The van der Waals surface area contributed by atoms with Gasteiger partial charge in [-0.05, 0) is 12.8 Å². The first-order valence-electron chi connectivity index (χ1n) is 1.82. The normalized spacial score (nSPS) is 6.57. The fraction of sp³-hybridized carbons (Fsp3) is 0.400. The van der Waals surface area contributed by atoms with Crippen molar-refractivity contribution in [2.24, 2.45) is 0 Å². The van der Waals surface area contributed by atoms with E-state index in [1.165, 1.54) is 0 Å². The third-order valence-corrected chi connectivity index (χ3v) is 0.895. The summed E-state index contributed by atoms with van der Waals surface area (Å²) in [6.07, 6.45) is 0. The highest BCUT2D eigenvalue weighted by Crippen LogP contribution is 1.77. The molecule has 0 aliphatic carbocycles. The molecule has 0 heterocycles. The Balaban J connectivity index is 3.52. The summed E-state index contributed by atoms with van der Waals surface area (Å²) >= 11 is 2.96. The molecule has 0 N–H and O–H groups in total. The van der Waals surface area contributed by atoms with Crippen LogP contribution in [0.2, 0.25) is 0 Å². The Bertz CT molecular complexity index is 118. The standard InChI is InChI=1S/C5H5BrO/c1-2-3-5(7)4-6/h4H2,1H3. The summed E-state index contributed by atoms with van der Waals surface area (Å²) in [6, 6.07) is 0. The third kappa shape index (κ3) is 3.54. The van der Waals surface area contributed by atoms with Crippen LogP contribution in [0.25, 0.3) is 0 Å². The molecule has 38 valence electrons. The Kier molecular flexibility index (Phi) is 3.72. The summed E-state index contributed by atoms with van der Waals surface area (Å²) < 4.78 is 0. The molecule has 0 bridgehead atoms. The third-order valence-electron chi connectivity index (χ3n) is 0.386. The maximum absolute atomic E-state index is 10.2. The van der Waals surface area contributed by atoms with Crippen LogP contribution in [0.15, 0.2) is 0 Å². The van der Waals surface area contributed by atoms with Gasteiger partial charge in [-0.1, -0.05) is 21.9 Å². The molecular formula is C5H5BrO. The lowest BCUT2D eigenvalue weighted by molar-refractivity contribution is -0.111. The van der Waals surface area contributed by atoms with E-state index in [2.05, 4.69) is 27.8 Å². The van der Waals surface area contributed by atoms with Crippen LogP contribution in [-0.2, 0) is 4.79 Å². The highest BCUT2D eigenvalue weighted by molar-refractivity contribution is 9.09. The van der Waals surface area contributed by atoms with E-state index in [4.69, 9.17) is 0 Å². The summed E-state index contributed by atoms with van der Waals surface area (Å²) in [4.78, 5) is 10.2. The lowest BCUT2D eigenvalue weighted by atomic mass is 10.4. The fourth-order valence-electron chi connectivity index (χ4n) is 0.173. The number of carbonyl (C=O) groups is 1. The minimum absolute atomic E-state index is 0.0671. The average Bonchev–Trinajstić information content (AvgIpc) is 1.68. The van der Waals surface area contributed by atoms with Gasteiger partial charge in [-0.15, -0.1) is 0 Å². The van der Waals surface area contributed by atoms with Gasteiger partial charge in [0.25, 0.3) is 0 Å². The van der Waals surface area contributed by atoms with E-state index in [0.717, 1.165) is 0 Å². The molecule has 0 atom stereocenters. The zero-order chi connectivity index (χ0) is 5.70. The van der Waals surface area contributed by atoms with E-state index in [9.17, 15) is 4.79 Å². The molecule has 0 fully saturated rings. The van der Waals surface area contributed by atoms with Gasteiger partial charge in [0.15, 0.2) is 0 Å². The van der Waals surface area contributed by atoms with Gasteiger partial charge in [0.05, 0.1) is 5.33 Å². The van der Waals surface area contributed by atoms with E-state index < -0.39 is 0 Å². The minimum Gasteiger partial charge on any atom is -0.284 e. The summed E-state index contributed by atoms with van der Waals surface area (Å²) in [7, 11) is 0. The second-order valence-corrected chi connectivity index (χ2v) is 1.49. The van der Waals surface area contributed by atoms with Gasteiger partial charge in [0.1, 0.15) is 0 Å². The molecule has 2 heteroatoms. The number of rotatable bonds is 1. The van der Waals surface area contributed by atoms with Gasteiger partial charge < -0.3 is 0 Å². The molecule has 0 rings (SSSR count). The second-order valence-electron chi connectivity index (χ2n) is 0.932. The van der Waals surface area contributed by atoms with E-state index in [0.29, 0.717) is 5.33 Å². The van der Waals surface area contributed by atoms with Gasteiger partial charge in [0, 0.05) is 0 Å². The first-order chi connectivity index (χ1) is 3.31. The van der Waals surface area contributed by atoms with E-state index in [1.807, 2.05) is 0 Å². The summed E-state index contributed by atoms with van der Waals surface area (Å²) in [5.74, 6) is 4.78. The summed E-state index contributed by atoms with van der Waals surface area (Å²) in [6.45, 7) is 1.64. The largest absolute Gasteiger partial charge is 0.284 e. The molecule has 0 aromatic rings. The summed E-state index contributed by atoms with van der Waals surface area (Å²) in [5.41, 5.74) is 0. The van der Waals surface area contributed by atoms with Crippen molar-refractivity contribution in [2.45, 2.75) is 6.92 Å². The lowest BCUT2D eigenvalue weighted by Gasteiger charge is -1.71. The predicted molar refractivity (Wildman–Crippen MR) is 32.3 cm³/mol. The van der Waals surface area contributed by atoms with Crippen molar-refractivity contribution in [2.75, 3.05) is 5.33 Å².